The summed E-state index contributed by atoms with van der Waals surface area (Å²) in [6, 6.07) is 5.28. The van der Waals surface area contributed by atoms with Gasteiger partial charge >= 0.3 is 5.97 Å². The molecule has 2 aromatic rings. The van der Waals surface area contributed by atoms with Crippen LogP contribution in [-0.4, -0.2) is 27.5 Å². The van der Waals surface area contributed by atoms with E-state index in [4.69, 9.17) is 16.3 Å². The van der Waals surface area contributed by atoms with E-state index in [0.717, 1.165) is 11.4 Å². The third-order valence-corrected chi connectivity index (χ3v) is 4.19. The molecular weight excluding hydrogens is 342 g/mol. The van der Waals surface area contributed by atoms with Crippen molar-refractivity contribution in [3.8, 4) is 0 Å². The molecule has 1 N–H and O–H groups in total. The van der Waals surface area contributed by atoms with E-state index in [-0.39, 0.29) is 11.2 Å². The number of rotatable bonds is 5. The summed E-state index contributed by atoms with van der Waals surface area (Å²) in [6.07, 6.45) is 0.553. The van der Waals surface area contributed by atoms with Crippen molar-refractivity contribution in [3.63, 3.8) is 0 Å². The molecule has 2 heterocycles. The Hall–Kier alpha value is -2.34. The number of nitrogens with one attached hydrogen (secondary N) is 1. The van der Waals surface area contributed by atoms with Crippen LogP contribution in [0.3, 0.4) is 0 Å². The van der Waals surface area contributed by atoms with Gasteiger partial charge in [0, 0.05) is 23.6 Å². The number of halogens is 1. The molecule has 2 aromatic heterocycles. The smallest absolute Gasteiger partial charge is 0.340 e. The molecule has 0 saturated heterocycles. The number of carbonyl (C=O) groups excluding carboxylic acids is 2. The number of aromatic nitrogens is 2. The number of anilines is 1. The number of amides is 1. The highest BCUT2D eigenvalue weighted by Gasteiger charge is 2.23. The van der Waals surface area contributed by atoms with Crippen molar-refractivity contribution in [2.24, 2.45) is 0 Å². The van der Waals surface area contributed by atoms with Crippen LogP contribution in [0.2, 0.25) is 5.15 Å². The molecule has 1 atom stereocenters. The topological polar surface area (TPSA) is 73.2 Å². The first-order valence-corrected chi connectivity index (χ1v) is 8.41. The van der Waals surface area contributed by atoms with Crippen LogP contribution in [0.15, 0.2) is 24.4 Å². The Labute approximate surface area is 152 Å². The normalized spacial score (nSPS) is 12.1. The molecule has 0 aliphatic heterocycles. The summed E-state index contributed by atoms with van der Waals surface area (Å²) in [5.74, 6) is -0.999. The third-order valence-electron chi connectivity index (χ3n) is 3.89. The molecule has 25 heavy (non-hydrogen) atoms. The summed E-state index contributed by atoms with van der Waals surface area (Å²) in [6.45, 7) is 9.40. The highest BCUT2D eigenvalue weighted by Crippen LogP contribution is 2.22. The number of pyridine rings is 1. The summed E-state index contributed by atoms with van der Waals surface area (Å²) >= 11 is 5.91. The molecular formula is C18H22ClN3O3. The van der Waals surface area contributed by atoms with E-state index in [9.17, 15) is 9.59 Å². The van der Waals surface area contributed by atoms with Crippen LogP contribution in [0, 0.1) is 13.8 Å². The fourth-order valence-electron chi connectivity index (χ4n) is 2.77. The minimum atomic E-state index is -0.967. The van der Waals surface area contributed by atoms with Crippen LogP contribution in [0.25, 0.3) is 0 Å². The van der Waals surface area contributed by atoms with Crippen molar-refractivity contribution in [2.45, 2.75) is 46.8 Å². The number of hydrogen-bond donors (Lipinski definition) is 1. The summed E-state index contributed by atoms with van der Waals surface area (Å²) < 4.78 is 7.36. The van der Waals surface area contributed by atoms with Crippen molar-refractivity contribution >= 4 is 29.2 Å². The van der Waals surface area contributed by atoms with Gasteiger partial charge in [-0.2, -0.15) is 0 Å². The Bertz CT molecular complexity index is 799. The van der Waals surface area contributed by atoms with Crippen LogP contribution >= 0.6 is 11.6 Å². The van der Waals surface area contributed by atoms with Crippen LogP contribution in [-0.2, 0) is 9.53 Å². The van der Waals surface area contributed by atoms with Crippen LogP contribution < -0.4 is 5.32 Å². The molecule has 1 amide bonds. The monoisotopic (exact) mass is 363 g/mol. The van der Waals surface area contributed by atoms with Gasteiger partial charge in [-0.1, -0.05) is 11.6 Å². The van der Waals surface area contributed by atoms with E-state index in [1.54, 1.807) is 18.2 Å². The summed E-state index contributed by atoms with van der Waals surface area (Å²) in [5.41, 5.74) is 2.62. The molecule has 0 radical (unpaired) electrons. The lowest BCUT2D eigenvalue weighted by molar-refractivity contribution is -0.123. The largest absolute Gasteiger partial charge is 0.449 e. The Morgan fingerprint density at radius 3 is 2.52 bits per heavy atom. The third kappa shape index (κ3) is 4.20. The second-order valence-electron chi connectivity index (χ2n) is 6.13. The van der Waals surface area contributed by atoms with Gasteiger partial charge in [-0.25, -0.2) is 9.78 Å². The Balaban J connectivity index is 2.09. The zero-order valence-electron chi connectivity index (χ0n) is 15.0. The van der Waals surface area contributed by atoms with E-state index in [2.05, 4.69) is 14.9 Å². The van der Waals surface area contributed by atoms with Crippen molar-refractivity contribution in [2.75, 3.05) is 5.32 Å². The van der Waals surface area contributed by atoms with Crippen LogP contribution in [0.4, 0.5) is 5.69 Å². The van der Waals surface area contributed by atoms with Crippen molar-refractivity contribution < 1.29 is 14.3 Å². The van der Waals surface area contributed by atoms with Gasteiger partial charge in [0.2, 0.25) is 0 Å². The second-order valence-corrected chi connectivity index (χ2v) is 6.49. The molecule has 0 fully saturated rings. The standard InChI is InChI=1S/C18H22ClN3O3/c1-10(2)22-11(3)9-14(12(22)4)18(24)25-13(5)17(23)21-15-7-6-8-20-16(15)19/h6-10,13H,1-5H3,(H,21,23)/t13-/m1/s1. The van der Waals surface area contributed by atoms with Gasteiger partial charge in [0.05, 0.1) is 11.3 Å². The lowest BCUT2D eigenvalue weighted by Gasteiger charge is -2.15. The maximum Gasteiger partial charge on any atom is 0.340 e. The molecule has 0 aromatic carbocycles. The molecule has 0 aliphatic rings. The number of esters is 1. The zero-order valence-corrected chi connectivity index (χ0v) is 15.7. The number of aryl methyl sites for hydroxylation is 1. The van der Waals surface area contributed by atoms with Gasteiger partial charge in [-0.05, 0) is 52.8 Å². The van der Waals surface area contributed by atoms with E-state index < -0.39 is 18.0 Å². The minimum Gasteiger partial charge on any atom is -0.449 e. The minimum absolute atomic E-state index is 0.176. The van der Waals surface area contributed by atoms with E-state index in [0.29, 0.717) is 11.3 Å². The summed E-state index contributed by atoms with van der Waals surface area (Å²) in [7, 11) is 0. The number of ether oxygens (including phenoxy) is 1. The predicted octanol–water partition coefficient (Wildman–Crippen LogP) is 3.92. The summed E-state index contributed by atoms with van der Waals surface area (Å²) in [5, 5.41) is 2.78. The van der Waals surface area contributed by atoms with Crippen molar-refractivity contribution in [1.29, 1.82) is 0 Å². The summed E-state index contributed by atoms with van der Waals surface area (Å²) in [4.78, 5) is 28.5. The predicted molar refractivity (Wildman–Crippen MR) is 97.0 cm³/mol. The van der Waals surface area contributed by atoms with Gasteiger partial charge < -0.3 is 14.6 Å². The lowest BCUT2D eigenvalue weighted by Crippen LogP contribution is -2.30. The zero-order chi connectivity index (χ0) is 18.7. The van der Waals surface area contributed by atoms with E-state index in [1.807, 2.05) is 27.7 Å². The number of hydrogen-bond acceptors (Lipinski definition) is 4. The first-order chi connectivity index (χ1) is 11.7. The Morgan fingerprint density at radius 1 is 1.28 bits per heavy atom. The Morgan fingerprint density at radius 2 is 1.96 bits per heavy atom. The van der Waals surface area contributed by atoms with Crippen LogP contribution in [0.1, 0.15) is 48.6 Å². The average Bonchev–Trinajstić information content (AvgIpc) is 2.84. The maximum atomic E-state index is 12.4. The second kappa shape index (κ2) is 7.70. The number of nitrogens with zero attached hydrogens (tertiary/aromatic N) is 2. The molecule has 0 spiro atoms. The number of carbonyl (C=O) groups is 2. The van der Waals surface area contributed by atoms with E-state index >= 15 is 0 Å². The molecule has 0 bridgehead atoms. The molecule has 7 heteroatoms. The van der Waals surface area contributed by atoms with Crippen LogP contribution in [0.5, 0.6) is 0 Å². The van der Waals surface area contributed by atoms with Gasteiger partial charge in [0.15, 0.2) is 11.3 Å². The molecule has 0 saturated carbocycles. The SMILES string of the molecule is Cc1cc(C(=O)O[C@H](C)C(=O)Nc2cccnc2Cl)c(C)n1C(C)C. The van der Waals surface area contributed by atoms with Crippen molar-refractivity contribution in [1.82, 2.24) is 9.55 Å². The first kappa shape index (κ1) is 19.0. The highest BCUT2D eigenvalue weighted by molar-refractivity contribution is 6.32. The molecule has 134 valence electrons. The first-order valence-electron chi connectivity index (χ1n) is 8.03. The van der Waals surface area contributed by atoms with Crippen molar-refractivity contribution in [3.05, 3.63) is 46.5 Å². The molecule has 6 nitrogen and oxygen atoms in total. The van der Waals surface area contributed by atoms with Gasteiger partial charge in [-0.15, -0.1) is 0 Å². The fraction of sp³-hybridized carbons (Fsp3) is 0.389. The fourth-order valence-corrected chi connectivity index (χ4v) is 2.94. The van der Waals surface area contributed by atoms with E-state index in [1.165, 1.54) is 13.1 Å². The van der Waals surface area contributed by atoms with Gasteiger partial charge in [-0.3, -0.25) is 4.79 Å². The molecule has 2 rings (SSSR count). The average molecular weight is 364 g/mol. The lowest BCUT2D eigenvalue weighted by atomic mass is 10.2. The molecule has 0 unspecified atom stereocenters. The Kier molecular flexibility index (Phi) is 5.85. The maximum absolute atomic E-state index is 12.4. The quantitative estimate of drug-likeness (QED) is 0.645. The van der Waals surface area contributed by atoms with Gasteiger partial charge in [0.25, 0.3) is 5.91 Å². The van der Waals surface area contributed by atoms with Gasteiger partial charge in [0.1, 0.15) is 0 Å². The molecule has 0 aliphatic carbocycles. The highest BCUT2D eigenvalue weighted by atomic mass is 35.5.